The molecule has 1 saturated heterocycles. The van der Waals surface area contributed by atoms with Gasteiger partial charge in [-0.1, -0.05) is 68.4 Å². The van der Waals surface area contributed by atoms with Crippen LogP contribution in [0.3, 0.4) is 0 Å². The number of ether oxygens (including phenoxy) is 1. The van der Waals surface area contributed by atoms with Gasteiger partial charge in [-0.2, -0.15) is 0 Å². The molecule has 3 nitrogen and oxygen atoms in total. The molecule has 2 aromatic rings. The number of ketones is 1. The second-order valence-electron chi connectivity index (χ2n) is 6.27. The zero-order valence-corrected chi connectivity index (χ0v) is 13.4. The summed E-state index contributed by atoms with van der Waals surface area (Å²) < 4.78 is 5.42. The summed E-state index contributed by atoms with van der Waals surface area (Å²) >= 11 is 0. The first-order chi connectivity index (χ1) is 11.1. The van der Waals surface area contributed by atoms with Crippen molar-refractivity contribution in [3.63, 3.8) is 0 Å². The van der Waals surface area contributed by atoms with E-state index in [2.05, 4.69) is 12.1 Å². The van der Waals surface area contributed by atoms with Gasteiger partial charge in [-0.05, 0) is 16.7 Å². The number of benzene rings is 2. The molecule has 0 aromatic heterocycles. The molecule has 0 saturated carbocycles. The summed E-state index contributed by atoms with van der Waals surface area (Å²) in [5.74, 6) is -0.667. The van der Waals surface area contributed by atoms with Gasteiger partial charge in [-0.15, -0.1) is 0 Å². The molecule has 1 heterocycles. The van der Waals surface area contributed by atoms with Gasteiger partial charge in [0, 0.05) is 5.92 Å². The summed E-state index contributed by atoms with van der Waals surface area (Å²) in [6.07, 6.45) is -0.274. The zero-order chi connectivity index (χ0) is 16.4. The Morgan fingerprint density at radius 3 is 2.22 bits per heavy atom. The van der Waals surface area contributed by atoms with Gasteiger partial charge in [-0.25, -0.2) is 0 Å². The van der Waals surface area contributed by atoms with Crippen LogP contribution in [-0.4, -0.2) is 11.8 Å². The summed E-state index contributed by atoms with van der Waals surface area (Å²) in [4.78, 5) is 24.0. The van der Waals surface area contributed by atoms with Crippen molar-refractivity contribution in [2.75, 3.05) is 0 Å². The third-order valence-electron chi connectivity index (χ3n) is 4.29. The van der Waals surface area contributed by atoms with Gasteiger partial charge in [-0.3, -0.25) is 9.59 Å². The lowest BCUT2D eigenvalue weighted by Crippen LogP contribution is -2.22. The normalized spacial score (nSPS) is 20.6. The van der Waals surface area contributed by atoms with E-state index in [1.54, 1.807) is 0 Å². The fraction of sp³-hybridized carbons (Fsp3) is 0.300. The fourth-order valence-corrected chi connectivity index (χ4v) is 3.03. The molecule has 0 radical (unpaired) electrons. The lowest BCUT2D eigenvalue weighted by molar-refractivity contribution is -0.141. The molecule has 0 bridgehead atoms. The lowest BCUT2D eigenvalue weighted by atomic mass is 9.86. The highest BCUT2D eigenvalue weighted by Gasteiger charge is 2.41. The Morgan fingerprint density at radius 2 is 1.61 bits per heavy atom. The Kier molecular flexibility index (Phi) is 4.28. The van der Waals surface area contributed by atoms with Crippen LogP contribution < -0.4 is 0 Å². The molecule has 118 valence electrons. The van der Waals surface area contributed by atoms with Gasteiger partial charge in [0.2, 0.25) is 0 Å². The maximum atomic E-state index is 12.3. The molecule has 2 aromatic carbocycles. The van der Waals surface area contributed by atoms with Crippen LogP contribution in [0.25, 0.3) is 11.1 Å². The smallest absolute Gasteiger partial charge is 0.307 e. The molecular formula is C20H20O3. The standard InChI is InChI=1S/C20H20O3/c1-13(2)19(22)17-12-18(21)23-20(17)16-10-8-15(9-11-16)14-6-4-3-5-7-14/h3-11,13,17,20H,12H2,1-2H3/t17-,20-/m0/s1. The van der Waals surface area contributed by atoms with Crippen LogP contribution >= 0.6 is 0 Å². The highest BCUT2D eigenvalue weighted by molar-refractivity contribution is 5.89. The Morgan fingerprint density at radius 1 is 1.00 bits per heavy atom. The SMILES string of the molecule is CC(C)C(=O)[C@@H]1CC(=O)O[C@H]1c1ccc(-c2ccccc2)cc1. The van der Waals surface area contributed by atoms with Crippen LogP contribution in [-0.2, 0) is 14.3 Å². The molecule has 1 aliphatic heterocycles. The quantitative estimate of drug-likeness (QED) is 0.796. The molecule has 0 amide bonds. The second-order valence-corrected chi connectivity index (χ2v) is 6.27. The number of carbonyl (C=O) groups is 2. The first-order valence-electron chi connectivity index (χ1n) is 7.95. The molecule has 3 heteroatoms. The van der Waals surface area contributed by atoms with Crippen molar-refractivity contribution in [1.29, 1.82) is 0 Å². The van der Waals surface area contributed by atoms with E-state index in [1.165, 1.54) is 0 Å². The molecule has 0 spiro atoms. The van der Waals surface area contributed by atoms with E-state index in [4.69, 9.17) is 4.74 Å². The van der Waals surface area contributed by atoms with Gasteiger partial charge >= 0.3 is 5.97 Å². The first kappa shape index (κ1) is 15.5. The average Bonchev–Trinajstić information content (AvgIpc) is 2.97. The van der Waals surface area contributed by atoms with E-state index in [-0.39, 0.29) is 30.0 Å². The number of cyclic esters (lactones) is 1. The van der Waals surface area contributed by atoms with Crippen LogP contribution in [0, 0.1) is 11.8 Å². The van der Waals surface area contributed by atoms with Crippen molar-refractivity contribution in [1.82, 2.24) is 0 Å². The van der Waals surface area contributed by atoms with Crippen molar-refractivity contribution < 1.29 is 14.3 Å². The van der Waals surface area contributed by atoms with Crippen LogP contribution in [0.4, 0.5) is 0 Å². The molecule has 3 rings (SSSR count). The van der Waals surface area contributed by atoms with Gasteiger partial charge in [0.1, 0.15) is 11.9 Å². The van der Waals surface area contributed by atoms with Crippen LogP contribution in [0.5, 0.6) is 0 Å². The van der Waals surface area contributed by atoms with Crippen molar-refractivity contribution in [2.45, 2.75) is 26.4 Å². The van der Waals surface area contributed by atoms with Crippen molar-refractivity contribution in [2.24, 2.45) is 11.8 Å². The largest absolute Gasteiger partial charge is 0.457 e. The minimum absolute atomic E-state index is 0.0907. The third-order valence-corrected chi connectivity index (χ3v) is 4.29. The molecule has 1 fully saturated rings. The van der Waals surface area contributed by atoms with Gasteiger partial charge in [0.25, 0.3) is 0 Å². The number of Topliss-reactive ketones (excluding diaryl/α,β-unsaturated/α-hetero) is 1. The number of hydrogen-bond acceptors (Lipinski definition) is 3. The summed E-state index contributed by atoms with van der Waals surface area (Å²) in [5, 5.41) is 0. The highest BCUT2D eigenvalue weighted by atomic mass is 16.6. The minimum atomic E-state index is -0.456. The topological polar surface area (TPSA) is 43.4 Å². The number of carbonyl (C=O) groups excluding carboxylic acids is 2. The number of rotatable bonds is 4. The van der Waals surface area contributed by atoms with Gasteiger partial charge in [0.15, 0.2) is 0 Å². The summed E-state index contributed by atoms with van der Waals surface area (Å²) in [6, 6.07) is 18.0. The van der Waals surface area contributed by atoms with Crippen LogP contribution in [0.2, 0.25) is 0 Å². The third kappa shape index (κ3) is 3.19. The second kappa shape index (κ2) is 6.37. The maximum Gasteiger partial charge on any atom is 0.307 e. The Hall–Kier alpha value is -2.42. The maximum absolute atomic E-state index is 12.3. The lowest BCUT2D eigenvalue weighted by Gasteiger charge is -2.19. The molecular weight excluding hydrogens is 288 g/mol. The Balaban J connectivity index is 1.86. The van der Waals surface area contributed by atoms with E-state index in [0.29, 0.717) is 0 Å². The van der Waals surface area contributed by atoms with Crippen molar-refractivity contribution in [3.8, 4) is 11.1 Å². The number of esters is 1. The molecule has 1 aliphatic rings. The Labute approximate surface area is 136 Å². The van der Waals surface area contributed by atoms with Gasteiger partial charge < -0.3 is 4.74 Å². The summed E-state index contributed by atoms with van der Waals surface area (Å²) in [7, 11) is 0. The minimum Gasteiger partial charge on any atom is -0.457 e. The predicted octanol–water partition coefficient (Wildman–Crippen LogP) is 4.18. The molecule has 0 N–H and O–H groups in total. The van der Waals surface area contributed by atoms with E-state index in [0.717, 1.165) is 16.7 Å². The monoisotopic (exact) mass is 308 g/mol. The van der Waals surface area contributed by atoms with E-state index >= 15 is 0 Å². The van der Waals surface area contributed by atoms with Crippen molar-refractivity contribution >= 4 is 11.8 Å². The van der Waals surface area contributed by atoms with Crippen molar-refractivity contribution in [3.05, 3.63) is 60.2 Å². The van der Waals surface area contributed by atoms with Crippen LogP contribution in [0.1, 0.15) is 31.9 Å². The Bertz CT molecular complexity index is 701. The molecule has 0 unspecified atom stereocenters. The van der Waals surface area contributed by atoms with Crippen LogP contribution in [0.15, 0.2) is 54.6 Å². The predicted molar refractivity (Wildman–Crippen MR) is 88.7 cm³/mol. The number of hydrogen-bond donors (Lipinski definition) is 0. The van der Waals surface area contributed by atoms with E-state index < -0.39 is 6.10 Å². The summed E-state index contributed by atoms with van der Waals surface area (Å²) in [6.45, 7) is 3.72. The molecule has 23 heavy (non-hydrogen) atoms. The fourth-order valence-electron chi connectivity index (χ4n) is 3.03. The highest BCUT2D eigenvalue weighted by Crippen LogP contribution is 2.38. The summed E-state index contributed by atoms with van der Waals surface area (Å²) in [5.41, 5.74) is 3.12. The average molecular weight is 308 g/mol. The molecule has 2 atom stereocenters. The van der Waals surface area contributed by atoms with E-state index in [1.807, 2.05) is 56.3 Å². The van der Waals surface area contributed by atoms with Gasteiger partial charge in [0.05, 0.1) is 12.3 Å². The van der Waals surface area contributed by atoms with E-state index in [9.17, 15) is 9.59 Å². The zero-order valence-electron chi connectivity index (χ0n) is 13.4. The first-order valence-corrected chi connectivity index (χ1v) is 7.95. The molecule has 0 aliphatic carbocycles.